The van der Waals surface area contributed by atoms with Crippen LogP contribution in [0, 0.1) is 11.8 Å². The molecule has 3 rings (SSSR count). The largest absolute Gasteiger partial charge is 0.481 e. The molecule has 0 bridgehead atoms. The van der Waals surface area contributed by atoms with E-state index in [1.807, 2.05) is 31.2 Å². The van der Waals surface area contributed by atoms with Gasteiger partial charge in [-0.05, 0) is 36.5 Å². The Labute approximate surface area is 145 Å². The molecule has 5 heteroatoms. The number of amides is 1. The summed E-state index contributed by atoms with van der Waals surface area (Å²) in [6.07, 6.45) is 3.81. The molecule has 4 nitrogen and oxygen atoms in total. The van der Waals surface area contributed by atoms with Gasteiger partial charge in [0.2, 0.25) is 5.91 Å². The summed E-state index contributed by atoms with van der Waals surface area (Å²) in [6, 6.07) is 8.02. The molecule has 1 saturated carbocycles. The minimum Gasteiger partial charge on any atom is -0.481 e. The van der Waals surface area contributed by atoms with E-state index in [9.17, 15) is 14.7 Å². The third-order valence-electron chi connectivity index (χ3n) is 5.48. The van der Waals surface area contributed by atoms with E-state index in [0.717, 1.165) is 35.7 Å². The highest BCUT2D eigenvalue weighted by atomic mass is 79.9. The van der Waals surface area contributed by atoms with Crippen molar-refractivity contribution in [1.82, 2.24) is 4.90 Å². The van der Waals surface area contributed by atoms with E-state index in [0.29, 0.717) is 13.1 Å². The topological polar surface area (TPSA) is 57.6 Å². The highest BCUT2D eigenvalue weighted by Crippen LogP contribution is 2.44. The molecule has 1 aliphatic carbocycles. The molecular formula is C18H22BrNO3. The van der Waals surface area contributed by atoms with Crippen LogP contribution in [0.15, 0.2) is 28.7 Å². The normalized spacial score (nSPS) is 26.4. The SMILES string of the molecule is C[C@@H]1CN(C(=O)C2(c3ccc(Br)cc3)CCCC2)C[C@H]1C(=O)O. The molecule has 1 aromatic rings. The van der Waals surface area contributed by atoms with Crippen LogP contribution >= 0.6 is 15.9 Å². The highest BCUT2D eigenvalue weighted by molar-refractivity contribution is 9.10. The number of nitrogens with zero attached hydrogens (tertiary/aromatic N) is 1. The van der Waals surface area contributed by atoms with Crippen LogP contribution in [0.25, 0.3) is 0 Å². The molecule has 1 aromatic carbocycles. The van der Waals surface area contributed by atoms with E-state index in [1.165, 1.54) is 0 Å². The zero-order valence-electron chi connectivity index (χ0n) is 13.3. The standard InChI is InChI=1S/C18H22BrNO3/c1-12-10-20(11-15(12)16(21)22)17(23)18(8-2-3-9-18)13-4-6-14(19)7-5-13/h4-7,12,15H,2-3,8-11H2,1H3,(H,21,22)/t12-,15-/m1/s1. The van der Waals surface area contributed by atoms with Gasteiger partial charge in [-0.1, -0.05) is 47.8 Å². The van der Waals surface area contributed by atoms with Gasteiger partial charge in [0.05, 0.1) is 11.3 Å². The lowest BCUT2D eigenvalue weighted by Crippen LogP contribution is -2.44. The van der Waals surface area contributed by atoms with E-state index in [-0.39, 0.29) is 11.8 Å². The van der Waals surface area contributed by atoms with Gasteiger partial charge in [0.25, 0.3) is 0 Å². The monoisotopic (exact) mass is 379 g/mol. The Kier molecular flexibility index (Phi) is 4.50. The Morgan fingerprint density at radius 2 is 1.78 bits per heavy atom. The maximum atomic E-state index is 13.3. The van der Waals surface area contributed by atoms with Crippen molar-refractivity contribution in [3.05, 3.63) is 34.3 Å². The van der Waals surface area contributed by atoms with Crippen LogP contribution in [0.2, 0.25) is 0 Å². The maximum absolute atomic E-state index is 13.3. The van der Waals surface area contributed by atoms with Gasteiger partial charge in [-0.3, -0.25) is 9.59 Å². The number of hydrogen-bond acceptors (Lipinski definition) is 2. The number of likely N-dealkylation sites (tertiary alicyclic amines) is 1. The van der Waals surface area contributed by atoms with Gasteiger partial charge in [-0.2, -0.15) is 0 Å². The van der Waals surface area contributed by atoms with Crippen molar-refractivity contribution < 1.29 is 14.7 Å². The average Bonchev–Trinajstić information content (AvgIpc) is 3.15. The van der Waals surface area contributed by atoms with Gasteiger partial charge in [-0.15, -0.1) is 0 Å². The minimum atomic E-state index is -0.795. The Bertz CT molecular complexity index is 607. The summed E-state index contributed by atoms with van der Waals surface area (Å²) < 4.78 is 1.00. The van der Waals surface area contributed by atoms with Crippen molar-refractivity contribution in [3.63, 3.8) is 0 Å². The molecule has 0 radical (unpaired) electrons. The summed E-state index contributed by atoms with van der Waals surface area (Å²) in [5.41, 5.74) is 0.600. The number of carbonyl (C=O) groups excluding carboxylic acids is 1. The van der Waals surface area contributed by atoms with Crippen molar-refractivity contribution in [1.29, 1.82) is 0 Å². The summed E-state index contributed by atoms with van der Waals surface area (Å²) in [7, 11) is 0. The van der Waals surface area contributed by atoms with Gasteiger partial charge >= 0.3 is 5.97 Å². The van der Waals surface area contributed by atoms with Gasteiger partial charge in [0.15, 0.2) is 0 Å². The molecule has 23 heavy (non-hydrogen) atoms. The van der Waals surface area contributed by atoms with Crippen LogP contribution in [0.1, 0.15) is 38.2 Å². The fraction of sp³-hybridized carbons (Fsp3) is 0.556. The van der Waals surface area contributed by atoms with Crippen molar-refractivity contribution in [2.24, 2.45) is 11.8 Å². The molecule has 1 heterocycles. The molecule has 1 saturated heterocycles. The number of halogens is 1. The first kappa shape index (κ1) is 16.5. The fourth-order valence-electron chi connectivity index (χ4n) is 4.13. The third kappa shape index (κ3) is 2.91. The second kappa shape index (κ2) is 6.27. The predicted octanol–water partition coefficient (Wildman–Crippen LogP) is 3.44. The van der Waals surface area contributed by atoms with Gasteiger partial charge in [-0.25, -0.2) is 0 Å². The molecule has 1 aliphatic heterocycles. The Morgan fingerprint density at radius 3 is 2.30 bits per heavy atom. The van der Waals surface area contributed by atoms with Crippen LogP contribution in [0.4, 0.5) is 0 Å². The van der Waals surface area contributed by atoms with Crippen LogP contribution in [-0.4, -0.2) is 35.0 Å². The molecule has 2 fully saturated rings. The Morgan fingerprint density at radius 1 is 1.17 bits per heavy atom. The number of carbonyl (C=O) groups is 2. The summed E-state index contributed by atoms with van der Waals surface area (Å²) in [6.45, 7) is 2.81. The van der Waals surface area contributed by atoms with Crippen LogP contribution in [-0.2, 0) is 15.0 Å². The lowest BCUT2D eigenvalue weighted by molar-refractivity contribution is -0.142. The van der Waals surface area contributed by atoms with Crippen molar-refractivity contribution in [2.75, 3.05) is 13.1 Å². The zero-order valence-corrected chi connectivity index (χ0v) is 14.9. The summed E-state index contributed by atoms with van der Waals surface area (Å²) in [5.74, 6) is -1.10. The van der Waals surface area contributed by atoms with E-state index in [4.69, 9.17) is 0 Å². The molecule has 0 spiro atoms. The predicted molar refractivity (Wildman–Crippen MR) is 91.2 cm³/mol. The summed E-state index contributed by atoms with van der Waals surface area (Å²) in [5, 5.41) is 9.32. The average molecular weight is 380 g/mol. The zero-order chi connectivity index (χ0) is 16.6. The molecule has 124 valence electrons. The Balaban J connectivity index is 1.88. The number of hydrogen-bond donors (Lipinski definition) is 1. The highest BCUT2D eigenvalue weighted by Gasteiger charge is 2.48. The minimum absolute atomic E-state index is 0.0137. The molecule has 2 atom stereocenters. The van der Waals surface area contributed by atoms with Gasteiger partial charge in [0, 0.05) is 17.6 Å². The van der Waals surface area contributed by atoms with Crippen molar-refractivity contribution in [3.8, 4) is 0 Å². The summed E-state index contributed by atoms with van der Waals surface area (Å²) >= 11 is 3.45. The van der Waals surface area contributed by atoms with Crippen LogP contribution in [0.3, 0.4) is 0 Å². The quantitative estimate of drug-likeness (QED) is 0.874. The maximum Gasteiger partial charge on any atom is 0.308 e. The number of rotatable bonds is 3. The van der Waals surface area contributed by atoms with E-state index in [1.54, 1.807) is 4.90 Å². The first-order valence-electron chi connectivity index (χ1n) is 8.22. The van der Waals surface area contributed by atoms with Crippen molar-refractivity contribution in [2.45, 2.75) is 38.0 Å². The molecule has 2 aliphatic rings. The molecule has 0 aromatic heterocycles. The third-order valence-corrected chi connectivity index (χ3v) is 6.01. The fourth-order valence-corrected chi connectivity index (χ4v) is 4.39. The second-order valence-corrected chi connectivity index (χ2v) is 7.84. The molecule has 0 unspecified atom stereocenters. The molecule has 1 amide bonds. The van der Waals surface area contributed by atoms with E-state index in [2.05, 4.69) is 15.9 Å². The number of benzene rings is 1. The number of aliphatic carboxylic acids is 1. The molecule has 1 N–H and O–H groups in total. The second-order valence-electron chi connectivity index (χ2n) is 6.93. The first-order valence-corrected chi connectivity index (χ1v) is 9.01. The van der Waals surface area contributed by atoms with Crippen LogP contribution in [0.5, 0.6) is 0 Å². The van der Waals surface area contributed by atoms with E-state index < -0.39 is 17.3 Å². The van der Waals surface area contributed by atoms with E-state index >= 15 is 0 Å². The van der Waals surface area contributed by atoms with Gasteiger partial charge in [0.1, 0.15) is 0 Å². The van der Waals surface area contributed by atoms with Crippen molar-refractivity contribution >= 4 is 27.8 Å². The van der Waals surface area contributed by atoms with Gasteiger partial charge < -0.3 is 10.0 Å². The number of carboxylic acids is 1. The Hall–Kier alpha value is -1.36. The first-order chi connectivity index (χ1) is 10.9. The number of carboxylic acid groups (broad SMARTS) is 1. The summed E-state index contributed by atoms with van der Waals surface area (Å²) in [4.78, 5) is 26.4. The smallest absolute Gasteiger partial charge is 0.308 e. The lowest BCUT2D eigenvalue weighted by atomic mass is 9.77. The van der Waals surface area contributed by atoms with Crippen LogP contribution < -0.4 is 0 Å². The molecular weight excluding hydrogens is 358 g/mol. The lowest BCUT2D eigenvalue weighted by Gasteiger charge is -2.33.